The molecule has 2 heterocycles. The predicted molar refractivity (Wildman–Crippen MR) is 141 cm³/mol. The van der Waals surface area contributed by atoms with Crippen molar-refractivity contribution < 1.29 is 8.42 Å². The Morgan fingerprint density at radius 3 is 2.22 bits per heavy atom. The first kappa shape index (κ1) is 21.8. The first-order valence-electron chi connectivity index (χ1n) is 11.2. The molecule has 6 rings (SSSR count). The topological polar surface area (TPSA) is 101 Å². The minimum absolute atomic E-state index is 0.0943. The maximum absolute atomic E-state index is 13.6. The molecule has 0 aliphatic heterocycles. The second kappa shape index (κ2) is 8.18. The average Bonchev–Trinajstić information content (AvgIpc) is 3.18. The summed E-state index contributed by atoms with van der Waals surface area (Å²) in [6, 6.07) is 29.5. The number of fused-ring (bicyclic) bond motifs is 3. The number of nitrogens with one attached hydrogen (secondary N) is 1. The van der Waals surface area contributed by atoms with E-state index in [-0.39, 0.29) is 16.3 Å². The summed E-state index contributed by atoms with van der Waals surface area (Å²) in [7, 11) is -4.05. The lowest BCUT2D eigenvalue weighted by atomic mass is 10.1. The number of anilines is 1. The van der Waals surface area contributed by atoms with Gasteiger partial charge in [0.2, 0.25) is 0 Å². The first-order valence-corrected chi connectivity index (χ1v) is 12.7. The Labute approximate surface area is 207 Å². The Morgan fingerprint density at radius 2 is 1.50 bits per heavy atom. The van der Waals surface area contributed by atoms with Crippen molar-refractivity contribution in [2.45, 2.75) is 11.8 Å². The van der Waals surface area contributed by atoms with E-state index < -0.39 is 10.0 Å². The number of rotatable bonds is 4. The van der Waals surface area contributed by atoms with Gasteiger partial charge in [0.15, 0.2) is 5.65 Å². The fourth-order valence-corrected chi connectivity index (χ4v) is 5.41. The highest BCUT2D eigenvalue weighted by Gasteiger charge is 2.26. The van der Waals surface area contributed by atoms with Gasteiger partial charge >= 0.3 is 0 Å². The third-order valence-corrected chi connectivity index (χ3v) is 7.46. The number of para-hydroxylation sites is 2. The molecule has 1 N–H and O–H groups in total. The molecule has 0 spiro atoms. The van der Waals surface area contributed by atoms with Gasteiger partial charge in [-0.25, -0.2) is 18.4 Å². The number of sulfonamides is 1. The molecule has 174 valence electrons. The van der Waals surface area contributed by atoms with Crippen molar-refractivity contribution in [3.8, 4) is 11.8 Å². The zero-order valence-electron chi connectivity index (χ0n) is 19.2. The van der Waals surface area contributed by atoms with E-state index in [0.29, 0.717) is 27.9 Å². The Kier molecular flexibility index (Phi) is 4.95. The van der Waals surface area contributed by atoms with E-state index in [2.05, 4.69) is 15.8 Å². The molecule has 7 nitrogen and oxygen atoms in total. The predicted octanol–water partition coefficient (Wildman–Crippen LogP) is 5.71. The van der Waals surface area contributed by atoms with E-state index in [1.54, 1.807) is 22.8 Å². The number of hydrogen-bond donors (Lipinski definition) is 1. The highest BCUT2D eigenvalue weighted by atomic mass is 32.2. The standard InChI is InChI=1S/C28H19N5O2S/c1-18-10-13-21(14-11-18)33-27(23(17-29)26-28(33)31-25-9-5-4-8-24(25)30-26)32-36(34,35)22-15-12-19-6-2-3-7-20(19)16-22/h2-16,32H,1H3. The van der Waals surface area contributed by atoms with Crippen molar-refractivity contribution in [3.63, 3.8) is 0 Å². The average molecular weight is 490 g/mol. The molecule has 4 aromatic carbocycles. The van der Waals surface area contributed by atoms with Gasteiger partial charge in [-0.1, -0.05) is 60.2 Å². The third kappa shape index (κ3) is 3.54. The maximum Gasteiger partial charge on any atom is 0.263 e. The van der Waals surface area contributed by atoms with Gasteiger partial charge in [0, 0.05) is 5.69 Å². The van der Waals surface area contributed by atoms with Crippen molar-refractivity contribution in [1.29, 1.82) is 5.26 Å². The van der Waals surface area contributed by atoms with Gasteiger partial charge in [0.05, 0.1) is 15.9 Å². The molecule has 0 aliphatic carbocycles. The second-order valence-electron chi connectivity index (χ2n) is 8.51. The summed E-state index contributed by atoms with van der Waals surface area (Å²) < 4.78 is 31.5. The fraction of sp³-hybridized carbons (Fsp3) is 0.0357. The molecule has 0 radical (unpaired) electrons. The summed E-state index contributed by atoms with van der Waals surface area (Å²) in [5.41, 5.74) is 3.79. The third-order valence-electron chi connectivity index (χ3n) is 6.13. The van der Waals surface area contributed by atoms with Crippen molar-refractivity contribution in [2.24, 2.45) is 0 Å². The number of aryl methyl sites for hydroxylation is 1. The van der Waals surface area contributed by atoms with Crippen LogP contribution < -0.4 is 4.72 Å². The Hall–Kier alpha value is -4.74. The van der Waals surface area contributed by atoms with Crippen LogP contribution in [0.25, 0.3) is 38.7 Å². The summed E-state index contributed by atoms with van der Waals surface area (Å²) in [4.78, 5) is 9.53. The summed E-state index contributed by atoms with van der Waals surface area (Å²) in [6.45, 7) is 1.97. The Balaban J connectivity index is 1.61. The van der Waals surface area contributed by atoms with Crippen LogP contribution in [-0.2, 0) is 10.0 Å². The lowest BCUT2D eigenvalue weighted by Gasteiger charge is -2.14. The number of hydrogen-bond acceptors (Lipinski definition) is 5. The summed E-state index contributed by atoms with van der Waals surface area (Å²) in [5.74, 6) is 0.0971. The molecule has 0 saturated heterocycles. The highest BCUT2D eigenvalue weighted by Crippen LogP contribution is 2.34. The summed E-state index contributed by atoms with van der Waals surface area (Å²) >= 11 is 0. The molecule has 0 atom stereocenters. The SMILES string of the molecule is Cc1ccc(-n2c(NS(=O)(=O)c3ccc4ccccc4c3)c(C#N)c3nc4ccccc4nc32)cc1. The molecule has 0 unspecified atom stereocenters. The van der Waals surface area contributed by atoms with Crippen LogP contribution in [0.15, 0.2) is 95.9 Å². The van der Waals surface area contributed by atoms with Crippen LogP contribution in [0, 0.1) is 18.3 Å². The monoisotopic (exact) mass is 489 g/mol. The van der Waals surface area contributed by atoms with E-state index in [1.807, 2.05) is 79.7 Å². The fourth-order valence-electron chi connectivity index (χ4n) is 4.31. The molecule has 6 aromatic rings. The number of nitrogens with zero attached hydrogens (tertiary/aromatic N) is 4. The van der Waals surface area contributed by atoms with Gasteiger partial charge in [-0.15, -0.1) is 0 Å². The number of aromatic nitrogens is 3. The van der Waals surface area contributed by atoms with Crippen LogP contribution in [0.2, 0.25) is 0 Å². The van der Waals surface area contributed by atoms with Gasteiger partial charge in [-0.05, 0) is 54.1 Å². The molecular formula is C28H19N5O2S. The minimum atomic E-state index is -4.05. The molecule has 2 aromatic heterocycles. The molecule has 0 amide bonds. The quantitative estimate of drug-likeness (QED) is 0.342. The van der Waals surface area contributed by atoms with Gasteiger partial charge in [0.1, 0.15) is 23.0 Å². The second-order valence-corrected chi connectivity index (χ2v) is 10.2. The molecule has 0 bridgehead atoms. The smallest absolute Gasteiger partial charge is 0.263 e. The highest BCUT2D eigenvalue weighted by molar-refractivity contribution is 7.92. The summed E-state index contributed by atoms with van der Waals surface area (Å²) in [6.07, 6.45) is 0. The molecule has 8 heteroatoms. The normalized spacial score (nSPS) is 11.7. The van der Waals surface area contributed by atoms with E-state index >= 15 is 0 Å². The van der Waals surface area contributed by atoms with E-state index in [0.717, 1.165) is 16.3 Å². The lowest BCUT2D eigenvalue weighted by molar-refractivity contribution is 0.601. The summed E-state index contributed by atoms with van der Waals surface area (Å²) in [5, 5.41) is 11.9. The van der Waals surface area contributed by atoms with Crippen molar-refractivity contribution >= 4 is 48.8 Å². The van der Waals surface area contributed by atoms with E-state index in [4.69, 9.17) is 4.98 Å². The van der Waals surface area contributed by atoms with Gasteiger partial charge in [0.25, 0.3) is 10.0 Å². The van der Waals surface area contributed by atoms with E-state index in [9.17, 15) is 13.7 Å². The largest absolute Gasteiger partial charge is 0.277 e. The Bertz CT molecular complexity index is 1950. The first-order chi connectivity index (χ1) is 17.4. The van der Waals surface area contributed by atoms with Gasteiger partial charge < -0.3 is 0 Å². The maximum atomic E-state index is 13.6. The van der Waals surface area contributed by atoms with Crippen molar-refractivity contribution in [1.82, 2.24) is 14.5 Å². The van der Waals surface area contributed by atoms with Crippen molar-refractivity contribution in [2.75, 3.05) is 4.72 Å². The van der Waals surface area contributed by atoms with Crippen LogP contribution in [0.3, 0.4) is 0 Å². The van der Waals surface area contributed by atoms with Crippen molar-refractivity contribution in [3.05, 3.63) is 102 Å². The number of nitriles is 1. The van der Waals surface area contributed by atoms with E-state index in [1.165, 1.54) is 0 Å². The van der Waals surface area contributed by atoms with Crippen LogP contribution in [0.5, 0.6) is 0 Å². The Morgan fingerprint density at radius 1 is 0.833 bits per heavy atom. The molecule has 0 fully saturated rings. The minimum Gasteiger partial charge on any atom is -0.277 e. The van der Waals surface area contributed by atoms with Crippen LogP contribution in [-0.4, -0.2) is 23.0 Å². The van der Waals surface area contributed by atoms with Gasteiger partial charge in [-0.3, -0.25) is 9.29 Å². The lowest BCUT2D eigenvalue weighted by Crippen LogP contribution is -2.16. The van der Waals surface area contributed by atoms with Crippen LogP contribution in [0.4, 0.5) is 5.82 Å². The molecule has 36 heavy (non-hydrogen) atoms. The molecule has 0 saturated carbocycles. The molecular weight excluding hydrogens is 470 g/mol. The zero-order chi connectivity index (χ0) is 24.9. The zero-order valence-corrected chi connectivity index (χ0v) is 20.0. The molecule has 0 aliphatic rings. The van der Waals surface area contributed by atoms with Crippen LogP contribution >= 0.6 is 0 Å². The van der Waals surface area contributed by atoms with Crippen LogP contribution in [0.1, 0.15) is 11.1 Å². The van der Waals surface area contributed by atoms with Gasteiger partial charge in [-0.2, -0.15) is 5.26 Å². The number of benzene rings is 4.